The molecular formula is C14H8F6N2O4S. The molecule has 0 aliphatic heterocycles. The summed E-state index contributed by atoms with van der Waals surface area (Å²) in [5.74, 6) is 0. The number of halogens is 6. The molecule has 1 N–H and O–H groups in total. The fourth-order valence-electron chi connectivity index (χ4n) is 1.99. The Morgan fingerprint density at radius 2 is 1.41 bits per heavy atom. The lowest BCUT2D eigenvalue weighted by molar-refractivity contribution is -0.385. The van der Waals surface area contributed by atoms with Gasteiger partial charge in [-0.15, -0.1) is 0 Å². The first-order valence-corrected chi connectivity index (χ1v) is 8.25. The third-order valence-corrected chi connectivity index (χ3v) is 4.56. The number of nitrogens with zero attached hydrogens (tertiary/aromatic N) is 1. The van der Waals surface area contributed by atoms with Gasteiger partial charge >= 0.3 is 12.4 Å². The highest BCUT2D eigenvalue weighted by atomic mass is 32.2. The Hall–Kier alpha value is -2.83. The summed E-state index contributed by atoms with van der Waals surface area (Å²) in [6, 6.07) is 3.68. The quantitative estimate of drug-likeness (QED) is 0.455. The van der Waals surface area contributed by atoms with Crippen molar-refractivity contribution >= 4 is 21.4 Å². The molecule has 13 heteroatoms. The van der Waals surface area contributed by atoms with Gasteiger partial charge in [-0.25, -0.2) is 8.42 Å². The minimum Gasteiger partial charge on any atom is -0.280 e. The molecule has 0 heterocycles. The van der Waals surface area contributed by atoms with Crippen LogP contribution in [-0.2, 0) is 22.4 Å². The maximum atomic E-state index is 12.8. The molecule has 0 aliphatic rings. The zero-order chi connectivity index (χ0) is 20.6. The Bertz CT molecular complexity index is 954. The summed E-state index contributed by atoms with van der Waals surface area (Å²) in [5.41, 5.74) is -5.05. The van der Waals surface area contributed by atoms with E-state index in [9.17, 15) is 44.9 Å². The molecule has 0 unspecified atom stereocenters. The second kappa shape index (κ2) is 6.72. The van der Waals surface area contributed by atoms with E-state index in [2.05, 4.69) is 0 Å². The van der Waals surface area contributed by atoms with Crippen LogP contribution in [0, 0.1) is 10.1 Å². The van der Waals surface area contributed by atoms with Crippen molar-refractivity contribution in [2.24, 2.45) is 0 Å². The number of nitro benzene ring substituents is 1. The fourth-order valence-corrected chi connectivity index (χ4v) is 3.07. The number of alkyl halides is 6. The molecule has 0 saturated heterocycles. The summed E-state index contributed by atoms with van der Waals surface area (Å²) in [6.45, 7) is 0. The van der Waals surface area contributed by atoms with Gasteiger partial charge in [-0.05, 0) is 24.3 Å². The second-order valence-electron chi connectivity index (χ2n) is 5.15. The van der Waals surface area contributed by atoms with Crippen molar-refractivity contribution in [3.8, 4) is 0 Å². The lowest BCUT2D eigenvalue weighted by Gasteiger charge is -2.15. The summed E-state index contributed by atoms with van der Waals surface area (Å²) in [6.07, 6.45) is -10.3. The van der Waals surface area contributed by atoms with Gasteiger partial charge in [0.2, 0.25) is 0 Å². The van der Waals surface area contributed by atoms with Gasteiger partial charge < -0.3 is 0 Å². The van der Waals surface area contributed by atoms with Crippen molar-refractivity contribution in [1.29, 1.82) is 0 Å². The number of sulfonamides is 1. The average molecular weight is 414 g/mol. The molecular weight excluding hydrogens is 406 g/mol. The molecule has 2 aromatic carbocycles. The SMILES string of the molecule is O=[N+]([O-])c1cccc(S(=O)(=O)Nc2cc(C(F)(F)F)cc(C(F)(F)F)c2)c1. The molecule has 27 heavy (non-hydrogen) atoms. The smallest absolute Gasteiger partial charge is 0.280 e. The van der Waals surface area contributed by atoms with E-state index in [1.165, 1.54) is 0 Å². The summed E-state index contributed by atoms with van der Waals surface area (Å²) >= 11 is 0. The number of rotatable bonds is 4. The lowest BCUT2D eigenvalue weighted by Crippen LogP contribution is -2.16. The van der Waals surface area contributed by atoms with E-state index in [-0.39, 0.29) is 18.2 Å². The van der Waals surface area contributed by atoms with E-state index in [1.807, 2.05) is 0 Å². The number of anilines is 1. The number of nitrogens with one attached hydrogen (secondary N) is 1. The van der Waals surface area contributed by atoms with Crippen LogP contribution in [0.4, 0.5) is 37.7 Å². The largest absolute Gasteiger partial charge is 0.416 e. The van der Waals surface area contributed by atoms with Crippen LogP contribution >= 0.6 is 0 Å². The van der Waals surface area contributed by atoms with Crippen LogP contribution in [0.5, 0.6) is 0 Å². The van der Waals surface area contributed by atoms with E-state index in [0.717, 1.165) is 18.2 Å². The fraction of sp³-hybridized carbons (Fsp3) is 0.143. The van der Waals surface area contributed by atoms with Gasteiger partial charge in [0.25, 0.3) is 15.7 Å². The highest BCUT2D eigenvalue weighted by Crippen LogP contribution is 2.38. The van der Waals surface area contributed by atoms with Crippen molar-refractivity contribution in [1.82, 2.24) is 0 Å². The summed E-state index contributed by atoms with van der Waals surface area (Å²) in [4.78, 5) is 9.07. The third kappa shape index (κ3) is 4.87. The molecule has 0 spiro atoms. The van der Waals surface area contributed by atoms with Gasteiger partial charge in [0.15, 0.2) is 0 Å². The van der Waals surface area contributed by atoms with Gasteiger partial charge in [-0.2, -0.15) is 26.3 Å². The van der Waals surface area contributed by atoms with E-state index >= 15 is 0 Å². The second-order valence-corrected chi connectivity index (χ2v) is 6.84. The molecule has 146 valence electrons. The monoisotopic (exact) mass is 414 g/mol. The van der Waals surface area contributed by atoms with Gasteiger partial charge in [-0.3, -0.25) is 14.8 Å². The predicted molar refractivity (Wildman–Crippen MR) is 80.4 cm³/mol. The minimum absolute atomic E-state index is 0.162. The zero-order valence-electron chi connectivity index (χ0n) is 12.8. The number of hydrogen-bond donors (Lipinski definition) is 1. The number of hydrogen-bond acceptors (Lipinski definition) is 4. The molecule has 6 nitrogen and oxygen atoms in total. The molecule has 0 aromatic heterocycles. The molecule has 0 radical (unpaired) electrons. The highest BCUT2D eigenvalue weighted by molar-refractivity contribution is 7.92. The van der Waals surface area contributed by atoms with Crippen LogP contribution < -0.4 is 4.72 Å². The Morgan fingerprint density at radius 3 is 1.85 bits per heavy atom. The molecule has 0 aliphatic carbocycles. The summed E-state index contributed by atoms with van der Waals surface area (Å²) in [7, 11) is -4.68. The minimum atomic E-state index is -5.16. The zero-order valence-corrected chi connectivity index (χ0v) is 13.6. The van der Waals surface area contributed by atoms with E-state index in [0.29, 0.717) is 6.07 Å². The molecule has 2 rings (SSSR count). The van der Waals surface area contributed by atoms with Crippen molar-refractivity contribution in [2.45, 2.75) is 17.2 Å². The Kier molecular flexibility index (Phi) is 5.10. The summed E-state index contributed by atoms with van der Waals surface area (Å²) < 4.78 is 103. The first-order valence-electron chi connectivity index (χ1n) is 6.77. The molecule has 0 amide bonds. The van der Waals surface area contributed by atoms with Gasteiger partial charge in [0.05, 0.1) is 26.6 Å². The lowest BCUT2D eigenvalue weighted by atomic mass is 10.1. The Balaban J connectivity index is 2.52. The normalized spacial score (nSPS) is 12.7. The Labute approximate surface area is 147 Å². The molecule has 0 atom stereocenters. The van der Waals surface area contributed by atoms with E-state index < -0.39 is 54.7 Å². The summed E-state index contributed by atoms with van der Waals surface area (Å²) in [5, 5.41) is 10.7. The highest BCUT2D eigenvalue weighted by Gasteiger charge is 2.37. The van der Waals surface area contributed by atoms with Crippen LogP contribution in [0.3, 0.4) is 0 Å². The van der Waals surface area contributed by atoms with E-state index in [1.54, 1.807) is 4.72 Å². The molecule has 0 fully saturated rings. The maximum Gasteiger partial charge on any atom is 0.416 e. The van der Waals surface area contributed by atoms with Crippen LogP contribution in [0.25, 0.3) is 0 Å². The van der Waals surface area contributed by atoms with Crippen molar-refractivity contribution in [2.75, 3.05) is 4.72 Å². The number of benzene rings is 2. The van der Waals surface area contributed by atoms with Crippen molar-refractivity contribution in [3.05, 3.63) is 63.7 Å². The third-order valence-electron chi connectivity index (χ3n) is 3.18. The van der Waals surface area contributed by atoms with Gasteiger partial charge in [0.1, 0.15) is 0 Å². The maximum absolute atomic E-state index is 12.8. The average Bonchev–Trinajstić information content (AvgIpc) is 2.52. The molecule has 0 saturated carbocycles. The molecule has 0 bridgehead atoms. The van der Waals surface area contributed by atoms with Crippen LogP contribution in [0.15, 0.2) is 47.4 Å². The van der Waals surface area contributed by atoms with Crippen molar-refractivity contribution in [3.63, 3.8) is 0 Å². The number of nitro groups is 1. The Morgan fingerprint density at radius 1 is 0.889 bits per heavy atom. The van der Waals surface area contributed by atoms with Crippen LogP contribution in [0.1, 0.15) is 11.1 Å². The topological polar surface area (TPSA) is 89.3 Å². The standard InChI is InChI=1S/C14H8F6N2O4S/c15-13(16,17)8-4-9(14(18,19)20)6-10(5-8)21-27(25,26)12-3-1-2-11(7-12)22(23)24/h1-7,21H. The predicted octanol–water partition coefficient (Wildman–Crippen LogP) is 4.43. The van der Waals surface area contributed by atoms with Crippen LogP contribution in [-0.4, -0.2) is 13.3 Å². The van der Waals surface area contributed by atoms with E-state index in [4.69, 9.17) is 0 Å². The first kappa shape index (κ1) is 20.5. The first-order chi connectivity index (χ1) is 12.2. The van der Waals surface area contributed by atoms with Gasteiger partial charge in [0, 0.05) is 12.1 Å². The van der Waals surface area contributed by atoms with Gasteiger partial charge in [-0.1, -0.05) is 6.07 Å². The number of non-ortho nitro benzene ring substituents is 1. The van der Waals surface area contributed by atoms with Crippen molar-refractivity contribution < 1.29 is 39.7 Å². The van der Waals surface area contributed by atoms with Crippen LogP contribution in [0.2, 0.25) is 0 Å². The molecule has 2 aromatic rings.